The maximum absolute atomic E-state index is 12.6. The standard InChI is InChI=1S/C17H30N6O/c1-13-16(14(2)21(4)19-13)18-17(24)23-10-8-22(9-11-23)15-6-5-7-20(3)12-15/h15H,5-12H2,1-4H3,(H,18,24). The van der Waals surface area contributed by atoms with Gasteiger partial charge in [-0.25, -0.2) is 4.79 Å². The second-order valence-corrected chi connectivity index (χ2v) is 7.18. The number of aryl methyl sites for hydroxylation is 2. The molecular weight excluding hydrogens is 304 g/mol. The topological polar surface area (TPSA) is 56.6 Å². The van der Waals surface area contributed by atoms with Gasteiger partial charge < -0.3 is 15.1 Å². The minimum Gasteiger partial charge on any atom is -0.322 e. The van der Waals surface area contributed by atoms with Crippen molar-refractivity contribution in [3.05, 3.63) is 11.4 Å². The van der Waals surface area contributed by atoms with Crippen molar-refractivity contribution in [2.24, 2.45) is 7.05 Å². The highest BCUT2D eigenvalue weighted by atomic mass is 16.2. The van der Waals surface area contributed by atoms with Gasteiger partial charge in [0.2, 0.25) is 0 Å². The Hall–Kier alpha value is -1.60. The normalized spacial score (nSPS) is 23.5. The molecule has 1 unspecified atom stereocenters. The van der Waals surface area contributed by atoms with Crippen LogP contribution in [0.5, 0.6) is 0 Å². The number of likely N-dealkylation sites (tertiary alicyclic amines) is 1. The number of nitrogens with one attached hydrogen (secondary N) is 1. The summed E-state index contributed by atoms with van der Waals surface area (Å²) in [5.41, 5.74) is 2.70. The third kappa shape index (κ3) is 3.57. The van der Waals surface area contributed by atoms with Gasteiger partial charge in [0.15, 0.2) is 0 Å². The number of urea groups is 1. The molecule has 0 spiro atoms. The number of piperazine rings is 1. The van der Waals surface area contributed by atoms with E-state index in [0.717, 1.165) is 49.8 Å². The van der Waals surface area contributed by atoms with Crippen molar-refractivity contribution in [1.82, 2.24) is 24.5 Å². The van der Waals surface area contributed by atoms with Gasteiger partial charge in [0.1, 0.15) is 0 Å². The molecule has 1 aromatic rings. The van der Waals surface area contributed by atoms with Crippen LogP contribution in [-0.2, 0) is 7.05 Å². The first kappa shape index (κ1) is 17.2. The van der Waals surface area contributed by atoms with E-state index in [9.17, 15) is 4.79 Å². The third-order valence-electron chi connectivity index (χ3n) is 5.46. The molecule has 134 valence electrons. The van der Waals surface area contributed by atoms with E-state index in [-0.39, 0.29) is 6.03 Å². The summed E-state index contributed by atoms with van der Waals surface area (Å²) in [6, 6.07) is 0.645. The lowest BCUT2D eigenvalue weighted by atomic mass is 10.0. The highest BCUT2D eigenvalue weighted by Gasteiger charge is 2.28. The number of carbonyl (C=O) groups is 1. The average Bonchev–Trinajstić information content (AvgIpc) is 2.81. The Morgan fingerprint density at radius 2 is 1.83 bits per heavy atom. The number of carbonyl (C=O) groups excluding carboxylic acids is 1. The van der Waals surface area contributed by atoms with E-state index in [1.807, 2.05) is 30.5 Å². The zero-order chi connectivity index (χ0) is 17.3. The van der Waals surface area contributed by atoms with Crippen molar-refractivity contribution in [2.45, 2.75) is 32.7 Å². The van der Waals surface area contributed by atoms with Gasteiger partial charge in [-0.3, -0.25) is 9.58 Å². The van der Waals surface area contributed by atoms with Crippen LogP contribution >= 0.6 is 0 Å². The summed E-state index contributed by atoms with van der Waals surface area (Å²) in [6.45, 7) is 9.80. The zero-order valence-electron chi connectivity index (χ0n) is 15.4. The fraction of sp³-hybridized carbons (Fsp3) is 0.765. The molecule has 0 aliphatic carbocycles. The van der Waals surface area contributed by atoms with E-state index in [1.54, 1.807) is 0 Å². The van der Waals surface area contributed by atoms with E-state index in [4.69, 9.17) is 0 Å². The van der Waals surface area contributed by atoms with Crippen LogP contribution in [0.25, 0.3) is 0 Å². The van der Waals surface area contributed by atoms with E-state index in [0.29, 0.717) is 6.04 Å². The maximum Gasteiger partial charge on any atom is 0.322 e. The number of hydrogen-bond acceptors (Lipinski definition) is 4. The van der Waals surface area contributed by atoms with Crippen molar-refractivity contribution >= 4 is 11.7 Å². The fourth-order valence-electron chi connectivity index (χ4n) is 3.87. The van der Waals surface area contributed by atoms with Crippen LogP contribution in [0.15, 0.2) is 0 Å². The van der Waals surface area contributed by atoms with Gasteiger partial charge in [-0.2, -0.15) is 5.10 Å². The van der Waals surface area contributed by atoms with Crippen LogP contribution in [0.2, 0.25) is 0 Å². The summed E-state index contributed by atoms with van der Waals surface area (Å²) in [7, 11) is 4.10. The molecule has 7 heteroatoms. The largest absolute Gasteiger partial charge is 0.322 e. The number of rotatable bonds is 2. The quantitative estimate of drug-likeness (QED) is 0.885. The van der Waals surface area contributed by atoms with Gasteiger partial charge in [0.25, 0.3) is 0 Å². The predicted octanol–water partition coefficient (Wildman–Crippen LogP) is 1.28. The Labute approximate surface area is 144 Å². The van der Waals surface area contributed by atoms with E-state index in [2.05, 4.69) is 27.3 Å². The summed E-state index contributed by atoms with van der Waals surface area (Å²) < 4.78 is 1.81. The second kappa shape index (κ2) is 7.11. The summed E-state index contributed by atoms with van der Waals surface area (Å²) in [5, 5.41) is 7.41. The van der Waals surface area contributed by atoms with Crippen molar-refractivity contribution in [3.8, 4) is 0 Å². The van der Waals surface area contributed by atoms with Crippen molar-refractivity contribution in [3.63, 3.8) is 0 Å². The number of amides is 2. The van der Waals surface area contributed by atoms with Crippen molar-refractivity contribution < 1.29 is 4.79 Å². The second-order valence-electron chi connectivity index (χ2n) is 7.18. The summed E-state index contributed by atoms with van der Waals surface area (Å²) >= 11 is 0. The van der Waals surface area contributed by atoms with Crippen LogP contribution in [0.1, 0.15) is 24.2 Å². The molecule has 0 bridgehead atoms. The van der Waals surface area contributed by atoms with Gasteiger partial charge in [0.05, 0.1) is 17.1 Å². The number of anilines is 1. The lowest BCUT2D eigenvalue weighted by molar-refractivity contribution is 0.0717. The molecule has 1 N–H and O–H groups in total. The number of nitrogens with zero attached hydrogens (tertiary/aromatic N) is 5. The molecule has 2 aliphatic rings. The molecule has 1 aromatic heterocycles. The lowest BCUT2D eigenvalue weighted by Crippen LogP contribution is -2.56. The number of piperidine rings is 1. The Morgan fingerprint density at radius 1 is 1.12 bits per heavy atom. The molecule has 0 saturated carbocycles. The molecule has 2 saturated heterocycles. The van der Waals surface area contributed by atoms with Gasteiger partial charge >= 0.3 is 6.03 Å². The molecule has 2 aliphatic heterocycles. The first-order valence-corrected chi connectivity index (χ1v) is 8.94. The monoisotopic (exact) mass is 334 g/mol. The smallest absolute Gasteiger partial charge is 0.322 e. The minimum atomic E-state index is -0.00499. The highest BCUT2D eigenvalue weighted by Crippen LogP contribution is 2.20. The minimum absolute atomic E-state index is 0.00499. The number of aromatic nitrogens is 2. The molecule has 3 heterocycles. The fourth-order valence-corrected chi connectivity index (χ4v) is 3.87. The number of likely N-dealkylation sites (N-methyl/N-ethyl adjacent to an activating group) is 1. The Balaban J connectivity index is 1.53. The zero-order valence-corrected chi connectivity index (χ0v) is 15.4. The first-order valence-electron chi connectivity index (χ1n) is 8.94. The van der Waals surface area contributed by atoms with Crippen molar-refractivity contribution in [1.29, 1.82) is 0 Å². The van der Waals surface area contributed by atoms with E-state index >= 15 is 0 Å². The SMILES string of the molecule is Cc1nn(C)c(C)c1NC(=O)N1CCN(C2CCCN(C)C2)CC1. The summed E-state index contributed by atoms with van der Waals surface area (Å²) in [4.78, 5) is 19.5. The van der Waals surface area contributed by atoms with E-state index < -0.39 is 0 Å². The maximum atomic E-state index is 12.6. The molecule has 0 radical (unpaired) electrons. The Bertz CT molecular complexity index is 590. The predicted molar refractivity (Wildman–Crippen MR) is 95.4 cm³/mol. The highest BCUT2D eigenvalue weighted by molar-refractivity contribution is 5.90. The molecule has 3 rings (SSSR count). The average molecular weight is 334 g/mol. The molecule has 2 amide bonds. The first-order chi connectivity index (χ1) is 11.5. The molecule has 24 heavy (non-hydrogen) atoms. The summed E-state index contributed by atoms with van der Waals surface area (Å²) in [6.07, 6.45) is 2.56. The Kier molecular flexibility index (Phi) is 5.10. The van der Waals surface area contributed by atoms with Gasteiger partial charge in [0, 0.05) is 45.8 Å². The van der Waals surface area contributed by atoms with Crippen LogP contribution < -0.4 is 5.32 Å². The van der Waals surface area contributed by atoms with Crippen LogP contribution in [0, 0.1) is 13.8 Å². The van der Waals surface area contributed by atoms with Gasteiger partial charge in [-0.05, 0) is 40.3 Å². The van der Waals surface area contributed by atoms with Gasteiger partial charge in [-0.1, -0.05) is 0 Å². The van der Waals surface area contributed by atoms with Gasteiger partial charge in [-0.15, -0.1) is 0 Å². The van der Waals surface area contributed by atoms with Crippen LogP contribution in [0.4, 0.5) is 10.5 Å². The van der Waals surface area contributed by atoms with Crippen LogP contribution in [-0.4, -0.2) is 82.9 Å². The third-order valence-corrected chi connectivity index (χ3v) is 5.46. The molecule has 2 fully saturated rings. The van der Waals surface area contributed by atoms with Crippen molar-refractivity contribution in [2.75, 3.05) is 51.6 Å². The Morgan fingerprint density at radius 3 is 2.42 bits per heavy atom. The molecule has 1 atom stereocenters. The molecule has 7 nitrogen and oxygen atoms in total. The van der Waals surface area contributed by atoms with E-state index in [1.165, 1.54) is 19.4 Å². The summed E-state index contributed by atoms with van der Waals surface area (Å²) in [5.74, 6) is 0. The van der Waals surface area contributed by atoms with Crippen LogP contribution in [0.3, 0.4) is 0 Å². The molecular formula is C17H30N6O. The molecule has 0 aromatic carbocycles. The number of hydrogen-bond donors (Lipinski definition) is 1. The lowest BCUT2D eigenvalue weighted by Gasteiger charge is -2.42.